The van der Waals surface area contributed by atoms with Crippen LogP contribution in [0.15, 0.2) is 52.3 Å². The van der Waals surface area contributed by atoms with Gasteiger partial charge in [0.15, 0.2) is 0 Å². The second kappa shape index (κ2) is 7.17. The molecule has 0 saturated carbocycles. The first-order chi connectivity index (χ1) is 13.1. The fraction of sp³-hybridized carbons (Fsp3) is 0.211. The molecule has 0 spiro atoms. The number of amides is 1. The zero-order chi connectivity index (χ0) is 20.6. The first-order valence-electron chi connectivity index (χ1n) is 8.45. The second-order valence-corrected chi connectivity index (χ2v) is 8.73. The van der Waals surface area contributed by atoms with Crippen LogP contribution in [0.2, 0.25) is 0 Å². The van der Waals surface area contributed by atoms with E-state index in [4.69, 9.17) is 0 Å². The van der Waals surface area contributed by atoms with Crippen LogP contribution in [0.5, 0.6) is 0 Å². The number of nitrogens with one attached hydrogen (secondary N) is 1. The van der Waals surface area contributed by atoms with Crippen LogP contribution in [0, 0.1) is 13.8 Å². The highest BCUT2D eigenvalue weighted by molar-refractivity contribution is 7.89. The zero-order valence-electron chi connectivity index (χ0n) is 15.9. The lowest BCUT2D eigenvalue weighted by molar-refractivity contribution is 0.102. The van der Waals surface area contributed by atoms with Crippen molar-refractivity contribution in [2.24, 2.45) is 0 Å². The molecule has 0 unspecified atom stereocenters. The van der Waals surface area contributed by atoms with Gasteiger partial charge in [-0.3, -0.25) is 14.0 Å². The summed E-state index contributed by atoms with van der Waals surface area (Å²) < 4.78 is 26.7. The molecule has 0 aliphatic carbocycles. The van der Waals surface area contributed by atoms with Crippen molar-refractivity contribution < 1.29 is 13.2 Å². The van der Waals surface area contributed by atoms with Crippen LogP contribution in [-0.2, 0) is 10.0 Å². The number of rotatable bonds is 4. The van der Waals surface area contributed by atoms with E-state index in [1.54, 1.807) is 19.2 Å². The van der Waals surface area contributed by atoms with Gasteiger partial charge in [-0.05, 0) is 49.7 Å². The summed E-state index contributed by atoms with van der Waals surface area (Å²) in [6.45, 7) is 3.50. The number of fused-ring (bicyclic) bond motifs is 1. The van der Waals surface area contributed by atoms with Gasteiger partial charge in [-0.2, -0.15) is 0 Å². The standard InChI is InChI=1S/C19H20N4O4S/c1-12-5-10-16-20-13(2)17(19(25)23(16)11-12)21-18(24)14-6-8-15(9-7-14)28(26,27)22(3)4/h5-11H,1-4H3,(H,21,24). The quantitative estimate of drug-likeness (QED) is 0.720. The van der Waals surface area contributed by atoms with Gasteiger partial charge in [0.25, 0.3) is 11.5 Å². The molecule has 28 heavy (non-hydrogen) atoms. The topological polar surface area (TPSA) is 101 Å². The van der Waals surface area contributed by atoms with Gasteiger partial charge in [-0.1, -0.05) is 6.07 Å². The molecular formula is C19H20N4O4S. The molecule has 3 rings (SSSR count). The summed E-state index contributed by atoms with van der Waals surface area (Å²) in [6.07, 6.45) is 1.65. The van der Waals surface area contributed by atoms with Gasteiger partial charge >= 0.3 is 0 Å². The van der Waals surface area contributed by atoms with Crippen LogP contribution in [0.1, 0.15) is 21.6 Å². The molecule has 2 aromatic heterocycles. The predicted octanol–water partition coefficient (Wildman–Crippen LogP) is 1.81. The largest absolute Gasteiger partial charge is 0.316 e. The van der Waals surface area contributed by atoms with Crippen molar-refractivity contribution in [1.82, 2.24) is 13.7 Å². The van der Waals surface area contributed by atoms with Gasteiger partial charge in [0, 0.05) is 25.9 Å². The van der Waals surface area contributed by atoms with Gasteiger partial charge in [0.1, 0.15) is 11.3 Å². The first-order valence-corrected chi connectivity index (χ1v) is 9.89. The van der Waals surface area contributed by atoms with E-state index in [1.165, 1.54) is 42.8 Å². The number of pyridine rings is 1. The molecular weight excluding hydrogens is 380 g/mol. The Morgan fingerprint density at radius 1 is 1.07 bits per heavy atom. The Balaban J connectivity index is 1.94. The van der Waals surface area contributed by atoms with Gasteiger partial charge in [-0.15, -0.1) is 0 Å². The zero-order valence-corrected chi connectivity index (χ0v) is 16.7. The average molecular weight is 400 g/mol. The maximum Gasteiger partial charge on any atom is 0.281 e. The van der Waals surface area contributed by atoms with E-state index >= 15 is 0 Å². The fourth-order valence-electron chi connectivity index (χ4n) is 2.67. The van der Waals surface area contributed by atoms with Crippen LogP contribution >= 0.6 is 0 Å². The molecule has 9 heteroatoms. The Bertz CT molecular complexity index is 1230. The van der Waals surface area contributed by atoms with Crippen LogP contribution in [0.25, 0.3) is 5.65 Å². The molecule has 1 aromatic carbocycles. The Labute approximate surface area is 162 Å². The monoisotopic (exact) mass is 400 g/mol. The Morgan fingerprint density at radius 2 is 1.71 bits per heavy atom. The van der Waals surface area contributed by atoms with E-state index in [9.17, 15) is 18.0 Å². The molecule has 8 nitrogen and oxygen atoms in total. The summed E-state index contributed by atoms with van der Waals surface area (Å²) in [5.41, 5.74) is 1.70. The molecule has 0 aliphatic heterocycles. The minimum Gasteiger partial charge on any atom is -0.316 e. The Hall–Kier alpha value is -3.04. The highest BCUT2D eigenvalue weighted by Gasteiger charge is 2.18. The number of anilines is 1. The third-order valence-electron chi connectivity index (χ3n) is 4.29. The Morgan fingerprint density at radius 3 is 2.32 bits per heavy atom. The minimum absolute atomic E-state index is 0.0770. The van der Waals surface area contributed by atoms with Crippen molar-refractivity contribution >= 4 is 27.3 Å². The van der Waals surface area contributed by atoms with Crippen molar-refractivity contribution in [3.63, 3.8) is 0 Å². The van der Waals surface area contributed by atoms with Crippen molar-refractivity contribution in [3.8, 4) is 0 Å². The second-order valence-electron chi connectivity index (χ2n) is 6.58. The summed E-state index contributed by atoms with van der Waals surface area (Å²) in [5.74, 6) is -0.525. The summed E-state index contributed by atoms with van der Waals surface area (Å²) in [6, 6.07) is 9.09. The molecule has 0 fully saturated rings. The van der Waals surface area contributed by atoms with Gasteiger partial charge < -0.3 is 5.32 Å². The van der Waals surface area contributed by atoms with Crippen molar-refractivity contribution in [3.05, 3.63) is 69.8 Å². The third kappa shape index (κ3) is 3.54. The van der Waals surface area contributed by atoms with E-state index in [1.807, 2.05) is 13.0 Å². The van der Waals surface area contributed by atoms with Crippen LogP contribution in [0.4, 0.5) is 5.69 Å². The summed E-state index contributed by atoms with van der Waals surface area (Å²) in [4.78, 5) is 29.8. The molecule has 3 aromatic rings. The molecule has 1 amide bonds. The Kier molecular flexibility index (Phi) is 5.05. The number of nitrogens with zero attached hydrogens (tertiary/aromatic N) is 3. The van der Waals surface area contributed by atoms with E-state index in [0.717, 1.165) is 9.87 Å². The molecule has 0 bridgehead atoms. The average Bonchev–Trinajstić information content (AvgIpc) is 2.65. The molecule has 146 valence electrons. The van der Waals surface area contributed by atoms with Gasteiger partial charge in [0.05, 0.1) is 10.6 Å². The lowest BCUT2D eigenvalue weighted by Gasteiger charge is -2.12. The van der Waals surface area contributed by atoms with E-state index in [0.29, 0.717) is 11.3 Å². The first kappa shape index (κ1) is 19.7. The smallest absolute Gasteiger partial charge is 0.281 e. The van der Waals surface area contributed by atoms with Crippen molar-refractivity contribution in [1.29, 1.82) is 0 Å². The van der Waals surface area contributed by atoms with Crippen LogP contribution in [0.3, 0.4) is 0 Å². The van der Waals surface area contributed by atoms with Crippen molar-refractivity contribution in [2.75, 3.05) is 19.4 Å². The maximum absolute atomic E-state index is 12.8. The van der Waals surface area contributed by atoms with E-state index in [2.05, 4.69) is 10.3 Å². The third-order valence-corrected chi connectivity index (χ3v) is 6.11. The van der Waals surface area contributed by atoms with Gasteiger partial charge in [0.2, 0.25) is 10.0 Å². The summed E-state index contributed by atoms with van der Waals surface area (Å²) in [7, 11) is -0.719. The van der Waals surface area contributed by atoms with Crippen LogP contribution < -0.4 is 10.9 Å². The van der Waals surface area contributed by atoms with E-state index < -0.39 is 15.9 Å². The number of aryl methyl sites for hydroxylation is 2. The molecule has 0 radical (unpaired) electrons. The lowest BCUT2D eigenvalue weighted by atomic mass is 10.2. The molecule has 0 saturated heterocycles. The maximum atomic E-state index is 12.8. The predicted molar refractivity (Wildman–Crippen MR) is 106 cm³/mol. The normalized spacial score (nSPS) is 11.8. The molecule has 0 aliphatic rings. The number of benzene rings is 1. The van der Waals surface area contributed by atoms with Crippen LogP contribution in [-0.4, -0.2) is 42.1 Å². The molecule has 2 heterocycles. The summed E-state index contributed by atoms with van der Waals surface area (Å²) >= 11 is 0. The number of carbonyl (C=O) groups is 1. The number of sulfonamides is 1. The lowest BCUT2D eigenvalue weighted by Crippen LogP contribution is -2.25. The highest BCUT2D eigenvalue weighted by atomic mass is 32.2. The van der Waals surface area contributed by atoms with Gasteiger partial charge in [-0.25, -0.2) is 17.7 Å². The SMILES string of the molecule is Cc1ccc2nc(C)c(NC(=O)c3ccc(S(=O)(=O)N(C)C)cc3)c(=O)n2c1. The number of hydrogen-bond donors (Lipinski definition) is 1. The minimum atomic E-state index is -3.58. The number of hydrogen-bond acceptors (Lipinski definition) is 5. The number of carbonyl (C=O) groups excluding carboxylic acids is 1. The summed E-state index contributed by atoms with van der Waals surface area (Å²) in [5, 5.41) is 2.59. The highest BCUT2D eigenvalue weighted by Crippen LogP contribution is 2.16. The molecule has 0 atom stereocenters. The fourth-order valence-corrected chi connectivity index (χ4v) is 3.58. The number of aromatic nitrogens is 2. The molecule has 1 N–H and O–H groups in total. The van der Waals surface area contributed by atoms with Crippen molar-refractivity contribution in [2.45, 2.75) is 18.7 Å². The van der Waals surface area contributed by atoms with E-state index in [-0.39, 0.29) is 21.7 Å².